The number of rotatable bonds is 4. The highest BCUT2D eigenvalue weighted by molar-refractivity contribution is 7.80. The van der Waals surface area contributed by atoms with Crippen LogP contribution >= 0.6 is 58.6 Å². The quantitative estimate of drug-likeness (QED) is 0.447. The molecule has 0 aromatic heterocycles. The molecule has 2 aromatic rings. The summed E-state index contributed by atoms with van der Waals surface area (Å²) in [5.74, 6) is -0.165. The van der Waals surface area contributed by atoms with Crippen molar-refractivity contribution in [3.63, 3.8) is 0 Å². The molecule has 9 heteroatoms. The average molecular weight is 477 g/mol. The van der Waals surface area contributed by atoms with Gasteiger partial charge in [-0.15, -0.1) is 0 Å². The van der Waals surface area contributed by atoms with E-state index in [0.717, 1.165) is 12.8 Å². The fourth-order valence-electron chi connectivity index (χ4n) is 3.20. The minimum absolute atomic E-state index is 0.0527. The molecule has 28 heavy (non-hydrogen) atoms. The molecular weight excluding hydrogens is 460 g/mol. The first-order chi connectivity index (χ1) is 13.3. The second-order valence-corrected chi connectivity index (χ2v) is 8.76. The van der Waals surface area contributed by atoms with Crippen molar-refractivity contribution in [2.75, 3.05) is 10.6 Å². The van der Waals surface area contributed by atoms with Crippen LogP contribution in [0.15, 0.2) is 36.4 Å². The molecule has 1 saturated carbocycles. The number of anilines is 2. The van der Waals surface area contributed by atoms with Gasteiger partial charge in [-0.05, 0) is 67.9 Å². The van der Waals surface area contributed by atoms with Crippen molar-refractivity contribution in [3.8, 4) is 0 Å². The monoisotopic (exact) mass is 475 g/mol. The molecule has 4 nitrogen and oxygen atoms in total. The Morgan fingerprint density at radius 1 is 0.821 bits per heavy atom. The number of amides is 1. The minimum atomic E-state index is -0.112. The van der Waals surface area contributed by atoms with Crippen LogP contribution in [0.3, 0.4) is 0 Å². The molecule has 3 rings (SSSR count). The van der Waals surface area contributed by atoms with Crippen LogP contribution in [0.2, 0.25) is 20.1 Å². The molecule has 1 aliphatic carbocycles. The van der Waals surface area contributed by atoms with Crippen molar-refractivity contribution in [3.05, 3.63) is 56.5 Å². The molecular formula is C19H17Cl4N3OS. The summed E-state index contributed by atoms with van der Waals surface area (Å²) < 4.78 is 0. The smallest absolute Gasteiger partial charge is 0.227 e. The van der Waals surface area contributed by atoms with Crippen molar-refractivity contribution in [1.29, 1.82) is 0 Å². The molecule has 2 aromatic carbocycles. The molecule has 3 N–H and O–H groups in total. The van der Waals surface area contributed by atoms with E-state index in [2.05, 4.69) is 16.0 Å². The molecule has 1 amide bonds. The van der Waals surface area contributed by atoms with E-state index in [9.17, 15) is 4.79 Å². The van der Waals surface area contributed by atoms with Gasteiger partial charge < -0.3 is 16.0 Å². The second kappa shape index (κ2) is 9.51. The minimum Gasteiger partial charge on any atom is -0.360 e. The van der Waals surface area contributed by atoms with Gasteiger partial charge in [0.2, 0.25) is 5.91 Å². The van der Waals surface area contributed by atoms with Gasteiger partial charge >= 0.3 is 0 Å². The lowest BCUT2D eigenvalue weighted by molar-refractivity contribution is -0.119. The summed E-state index contributed by atoms with van der Waals surface area (Å²) >= 11 is 29.3. The zero-order chi connectivity index (χ0) is 20.3. The summed E-state index contributed by atoms with van der Waals surface area (Å²) in [5.41, 5.74) is 1.30. The van der Waals surface area contributed by atoms with E-state index in [-0.39, 0.29) is 17.9 Å². The molecule has 148 valence electrons. The van der Waals surface area contributed by atoms with E-state index in [1.54, 1.807) is 36.4 Å². The lowest BCUT2D eigenvalue weighted by Crippen LogP contribution is -2.36. The largest absolute Gasteiger partial charge is 0.360 e. The van der Waals surface area contributed by atoms with Crippen LogP contribution in [0.1, 0.15) is 19.3 Å². The summed E-state index contributed by atoms with van der Waals surface area (Å²) in [6.07, 6.45) is 2.29. The van der Waals surface area contributed by atoms with E-state index >= 15 is 0 Å². The SMILES string of the molecule is O=C(Nc1cc(Cl)cc(Cl)c1)C1CCC(NC(=S)Nc2cc(Cl)cc(Cl)c2)C1. The van der Waals surface area contributed by atoms with Crippen molar-refractivity contribution >= 4 is 81.0 Å². The third-order valence-electron chi connectivity index (χ3n) is 4.39. The first kappa shape index (κ1) is 21.5. The summed E-state index contributed by atoms with van der Waals surface area (Å²) in [6.45, 7) is 0. The van der Waals surface area contributed by atoms with Gasteiger partial charge in [0.05, 0.1) is 0 Å². The van der Waals surface area contributed by atoms with Gasteiger partial charge in [0.15, 0.2) is 5.11 Å². The van der Waals surface area contributed by atoms with Crippen molar-refractivity contribution in [1.82, 2.24) is 5.32 Å². The van der Waals surface area contributed by atoms with Crippen LogP contribution in [-0.2, 0) is 4.79 Å². The van der Waals surface area contributed by atoms with Gasteiger partial charge in [0.1, 0.15) is 0 Å². The lowest BCUT2D eigenvalue weighted by atomic mass is 10.1. The Labute approximate surface area is 188 Å². The van der Waals surface area contributed by atoms with Crippen LogP contribution in [-0.4, -0.2) is 17.1 Å². The third-order valence-corrected chi connectivity index (χ3v) is 5.48. The normalized spacial score (nSPS) is 18.6. The molecule has 2 unspecified atom stereocenters. The molecule has 0 radical (unpaired) electrons. The van der Waals surface area contributed by atoms with Gasteiger partial charge in [-0.25, -0.2) is 0 Å². The number of carbonyl (C=O) groups is 1. The van der Waals surface area contributed by atoms with E-state index in [0.29, 0.717) is 43.0 Å². The number of thiocarbonyl (C=S) groups is 1. The maximum Gasteiger partial charge on any atom is 0.227 e. The molecule has 0 spiro atoms. The number of carbonyl (C=O) groups excluding carboxylic acids is 1. The van der Waals surface area contributed by atoms with Gasteiger partial charge in [0, 0.05) is 43.4 Å². The van der Waals surface area contributed by atoms with Gasteiger partial charge in [-0.3, -0.25) is 4.79 Å². The highest BCUT2D eigenvalue weighted by atomic mass is 35.5. The molecule has 2 atom stereocenters. The fourth-order valence-corrected chi connectivity index (χ4v) is 4.54. The number of hydrogen-bond acceptors (Lipinski definition) is 2. The Balaban J connectivity index is 1.51. The first-order valence-corrected chi connectivity index (χ1v) is 10.5. The van der Waals surface area contributed by atoms with E-state index in [4.69, 9.17) is 58.6 Å². The maximum absolute atomic E-state index is 12.5. The number of hydrogen-bond donors (Lipinski definition) is 3. The Hall–Kier alpha value is -1.24. The summed E-state index contributed by atoms with van der Waals surface area (Å²) in [6, 6.07) is 10.2. The Bertz CT molecular complexity index is 868. The first-order valence-electron chi connectivity index (χ1n) is 8.59. The highest BCUT2D eigenvalue weighted by Gasteiger charge is 2.30. The lowest BCUT2D eigenvalue weighted by Gasteiger charge is -2.17. The van der Waals surface area contributed by atoms with Gasteiger partial charge in [-0.2, -0.15) is 0 Å². The van der Waals surface area contributed by atoms with Crippen molar-refractivity contribution < 1.29 is 4.79 Å². The number of nitrogens with one attached hydrogen (secondary N) is 3. The van der Waals surface area contributed by atoms with Gasteiger partial charge in [-0.1, -0.05) is 46.4 Å². The molecule has 0 heterocycles. The number of halogens is 4. The van der Waals surface area contributed by atoms with Crippen LogP contribution in [0.5, 0.6) is 0 Å². The molecule has 0 saturated heterocycles. The Morgan fingerprint density at radius 2 is 1.32 bits per heavy atom. The van der Waals surface area contributed by atoms with Crippen LogP contribution in [0.25, 0.3) is 0 Å². The maximum atomic E-state index is 12.5. The number of benzene rings is 2. The van der Waals surface area contributed by atoms with E-state index in [1.165, 1.54) is 0 Å². The van der Waals surface area contributed by atoms with E-state index < -0.39 is 0 Å². The van der Waals surface area contributed by atoms with Crippen molar-refractivity contribution in [2.45, 2.75) is 25.3 Å². The fraction of sp³-hybridized carbons (Fsp3) is 0.263. The van der Waals surface area contributed by atoms with Crippen LogP contribution < -0.4 is 16.0 Å². The standard InChI is InChI=1S/C19H17Cl4N3OS/c20-11-4-12(21)7-16(6-11)24-18(27)10-1-2-15(3-10)25-19(28)26-17-8-13(22)5-14(23)9-17/h4-10,15H,1-3H2,(H,24,27)(H2,25,26,28). The third kappa shape index (κ3) is 6.13. The Morgan fingerprint density at radius 3 is 1.86 bits per heavy atom. The van der Waals surface area contributed by atoms with Crippen LogP contribution in [0, 0.1) is 5.92 Å². The van der Waals surface area contributed by atoms with Crippen molar-refractivity contribution in [2.24, 2.45) is 5.92 Å². The summed E-state index contributed by atoms with van der Waals surface area (Å²) in [4.78, 5) is 12.5. The zero-order valence-corrected chi connectivity index (χ0v) is 18.4. The predicted molar refractivity (Wildman–Crippen MR) is 122 cm³/mol. The van der Waals surface area contributed by atoms with Gasteiger partial charge in [0.25, 0.3) is 0 Å². The van der Waals surface area contributed by atoms with E-state index in [1.807, 2.05) is 0 Å². The zero-order valence-electron chi connectivity index (χ0n) is 14.6. The topological polar surface area (TPSA) is 53.2 Å². The summed E-state index contributed by atoms with van der Waals surface area (Å²) in [7, 11) is 0. The second-order valence-electron chi connectivity index (χ2n) is 6.61. The molecule has 1 aliphatic rings. The highest BCUT2D eigenvalue weighted by Crippen LogP contribution is 2.29. The predicted octanol–water partition coefficient (Wildman–Crippen LogP) is 6.39. The molecule has 1 fully saturated rings. The Kier molecular flexibility index (Phi) is 7.29. The molecule has 0 aliphatic heterocycles. The molecule has 0 bridgehead atoms. The average Bonchev–Trinajstić information content (AvgIpc) is 3.01. The van der Waals surface area contributed by atoms with Crippen LogP contribution in [0.4, 0.5) is 11.4 Å². The summed E-state index contributed by atoms with van der Waals surface area (Å²) in [5, 5.41) is 11.7.